The molecule has 2 aromatic rings. The molecule has 114 valence electrons. The highest BCUT2D eigenvalue weighted by molar-refractivity contribution is 5.77. The Kier molecular flexibility index (Phi) is 5.02. The SMILES string of the molecule is C=CCc1ccc(O)c(-c2cc(CC=C)cc(CO)c2O)c1. The van der Waals surface area contributed by atoms with Crippen LogP contribution in [0.5, 0.6) is 11.5 Å². The number of phenolic OH excluding ortho intramolecular Hbond substituents is 1. The maximum Gasteiger partial charge on any atom is 0.129 e. The number of rotatable bonds is 6. The fourth-order valence-corrected chi connectivity index (χ4v) is 2.46. The van der Waals surface area contributed by atoms with Crippen LogP contribution in [0, 0.1) is 0 Å². The summed E-state index contributed by atoms with van der Waals surface area (Å²) in [5.41, 5.74) is 3.38. The average Bonchev–Trinajstić information content (AvgIpc) is 2.51. The number of aliphatic hydroxyl groups excluding tert-OH is 1. The van der Waals surface area contributed by atoms with Crippen LogP contribution in [0.25, 0.3) is 11.1 Å². The number of benzene rings is 2. The number of hydrogen-bond acceptors (Lipinski definition) is 3. The van der Waals surface area contributed by atoms with Crippen LogP contribution in [0.15, 0.2) is 55.6 Å². The highest BCUT2D eigenvalue weighted by Crippen LogP contribution is 2.39. The first kappa shape index (κ1) is 15.9. The molecular weight excluding hydrogens is 276 g/mol. The Morgan fingerprint density at radius 2 is 1.50 bits per heavy atom. The fourth-order valence-electron chi connectivity index (χ4n) is 2.46. The van der Waals surface area contributed by atoms with Crippen molar-refractivity contribution in [3.63, 3.8) is 0 Å². The van der Waals surface area contributed by atoms with Gasteiger partial charge in [-0.25, -0.2) is 0 Å². The van der Waals surface area contributed by atoms with Gasteiger partial charge in [0.2, 0.25) is 0 Å². The molecule has 2 rings (SSSR count). The van der Waals surface area contributed by atoms with E-state index in [1.54, 1.807) is 24.3 Å². The molecular formula is C19H20O3. The van der Waals surface area contributed by atoms with Crippen LogP contribution in [-0.2, 0) is 19.4 Å². The largest absolute Gasteiger partial charge is 0.507 e. The maximum atomic E-state index is 10.4. The van der Waals surface area contributed by atoms with Crippen LogP contribution in [-0.4, -0.2) is 15.3 Å². The summed E-state index contributed by atoms with van der Waals surface area (Å²) in [4.78, 5) is 0. The Labute approximate surface area is 130 Å². The first-order valence-corrected chi connectivity index (χ1v) is 7.10. The molecule has 0 saturated heterocycles. The number of aliphatic hydroxyl groups is 1. The molecule has 0 aliphatic heterocycles. The van der Waals surface area contributed by atoms with Crippen molar-refractivity contribution in [3.05, 3.63) is 72.3 Å². The Balaban J connectivity index is 2.64. The second-order valence-corrected chi connectivity index (χ2v) is 5.15. The van der Waals surface area contributed by atoms with Crippen molar-refractivity contribution in [2.24, 2.45) is 0 Å². The Hall–Kier alpha value is -2.52. The van der Waals surface area contributed by atoms with E-state index in [1.165, 1.54) is 0 Å². The molecule has 0 aromatic heterocycles. The third-order valence-corrected chi connectivity index (χ3v) is 3.53. The van der Waals surface area contributed by atoms with E-state index < -0.39 is 0 Å². The molecule has 0 saturated carbocycles. The monoisotopic (exact) mass is 296 g/mol. The fraction of sp³-hybridized carbons (Fsp3) is 0.158. The van der Waals surface area contributed by atoms with Crippen molar-refractivity contribution >= 4 is 0 Å². The second-order valence-electron chi connectivity index (χ2n) is 5.15. The Morgan fingerprint density at radius 3 is 2.14 bits per heavy atom. The van der Waals surface area contributed by atoms with Crippen LogP contribution in [0.3, 0.4) is 0 Å². The van der Waals surface area contributed by atoms with Crippen LogP contribution in [0.2, 0.25) is 0 Å². The average molecular weight is 296 g/mol. The molecule has 0 fully saturated rings. The quantitative estimate of drug-likeness (QED) is 0.712. The lowest BCUT2D eigenvalue weighted by molar-refractivity contribution is 0.275. The second kappa shape index (κ2) is 6.96. The smallest absolute Gasteiger partial charge is 0.129 e. The van der Waals surface area contributed by atoms with E-state index in [9.17, 15) is 15.3 Å². The van der Waals surface area contributed by atoms with E-state index in [1.807, 2.05) is 18.2 Å². The number of allylic oxidation sites excluding steroid dienone is 2. The molecule has 0 unspecified atom stereocenters. The molecule has 3 heteroatoms. The van der Waals surface area contributed by atoms with Gasteiger partial charge in [0, 0.05) is 16.7 Å². The molecule has 0 heterocycles. The van der Waals surface area contributed by atoms with E-state index in [0.717, 1.165) is 11.1 Å². The summed E-state index contributed by atoms with van der Waals surface area (Å²) in [6, 6.07) is 8.80. The molecule has 0 aliphatic rings. The summed E-state index contributed by atoms with van der Waals surface area (Å²) in [5.74, 6) is 0.0733. The highest BCUT2D eigenvalue weighted by atomic mass is 16.3. The Morgan fingerprint density at radius 1 is 0.864 bits per heavy atom. The van der Waals surface area contributed by atoms with Gasteiger partial charge in [0.25, 0.3) is 0 Å². The summed E-state index contributed by atoms with van der Waals surface area (Å²) in [5, 5.41) is 29.9. The van der Waals surface area contributed by atoms with Crippen molar-refractivity contribution in [2.45, 2.75) is 19.4 Å². The highest BCUT2D eigenvalue weighted by Gasteiger charge is 2.14. The van der Waals surface area contributed by atoms with Gasteiger partial charge in [-0.2, -0.15) is 0 Å². The third-order valence-electron chi connectivity index (χ3n) is 3.53. The van der Waals surface area contributed by atoms with E-state index in [4.69, 9.17) is 0 Å². The molecule has 0 spiro atoms. The van der Waals surface area contributed by atoms with Gasteiger partial charge < -0.3 is 15.3 Å². The van der Waals surface area contributed by atoms with Gasteiger partial charge in [-0.1, -0.05) is 18.2 Å². The minimum absolute atomic E-state index is 0.0126. The predicted octanol–water partition coefficient (Wildman–Crippen LogP) is 3.71. The van der Waals surface area contributed by atoms with Crippen molar-refractivity contribution in [1.82, 2.24) is 0 Å². The van der Waals surface area contributed by atoms with Crippen molar-refractivity contribution in [2.75, 3.05) is 0 Å². The van der Waals surface area contributed by atoms with Gasteiger partial charge in [0.1, 0.15) is 11.5 Å². The summed E-state index contributed by atoms with van der Waals surface area (Å²) in [6.45, 7) is 7.15. The van der Waals surface area contributed by atoms with Crippen molar-refractivity contribution in [3.8, 4) is 22.6 Å². The van der Waals surface area contributed by atoms with E-state index in [2.05, 4.69) is 13.2 Å². The molecule has 2 aromatic carbocycles. The summed E-state index contributed by atoms with van der Waals surface area (Å²) in [7, 11) is 0. The lowest BCUT2D eigenvalue weighted by atomic mass is 9.95. The van der Waals surface area contributed by atoms with Crippen LogP contribution in [0.4, 0.5) is 0 Å². The summed E-state index contributed by atoms with van der Waals surface area (Å²) >= 11 is 0. The van der Waals surface area contributed by atoms with Gasteiger partial charge >= 0.3 is 0 Å². The first-order valence-electron chi connectivity index (χ1n) is 7.10. The van der Waals surface area contributed by atoms with Crippen molar-refractivity contribution in [1.29, 1.82) is 0 Å². The molecule has 3 N–H and O–H groups in total. The minimum atomic E-state index is -0.267. The van der Waals surface area contributed by atoms with Crippen LogP contribution >= 0.6 is 0 Å². The number of aromatic hydroxyl groups is 2. The normalized spacial score (nSPS) is 10.4. The lowest BCUT2D eigenvalue weighted by Gasteiger charge is -2.13. The van der Waals surface area contributed by atoms with Crippen LogP contribution < -0.4 is 0 Å². The molecule has 3 nitrogen and oxygen atoms in total. The van der Waals surface area contributed by atoms with Gasteiger partial charge in [-0.3, -0.25) is 0 Å². The van der Waals surface area contributed by atoms with Gasteiger partial charge in [-0.15, -0.1) is 13.2 Å². The van der Waals surface area contributed by atoms with Crippen molar-refractivity contribution < 1.29 is 15.3 Å². The molecule has 0 radical (unpaired) electrons. The minimum Gasteiger partial charge on any atom is -0.507 e. The van der Waals surface area contributed by atoms with E-state index in [0.29, 0.717) is 29.5 Å². The van der Waals surface area contributed by atoms with Gasteiger partial charge in [0.15, 0.2) is 0 Å². The standard InChI is InChI=1S/C19H20O3/c1-3-5-13-7-8-18(21)16(10-13)17-11-14(6-4-2)9-15(12-20)19(17)22/h3-4,7-11,20-22H,1-2,5-6,12H2. The molecule has 0 amide bonds. The number of phenols is 2. The zero-order valence-electron chi connectivity index (χ0n) is 12.4. The number of hydrogen-bond donors (Lipinski definition) is 3. The van der Waals surface area contributed by atoms with Crippen LogP contribution in [0.1, 0.15) is 16.7 Å². The zero-order chi connectivity index (χ0) is 16.1. The summed E-state index contributed by atoms with van der Waals surface area (Å²) in [6.07, 6.45) is 4.83. The Bertz CT molecular complexity index is 702. The predicted molar refractivity (Wildman–Crippen MR) is 88.9 cm³/mol. The summed E-state index contributed by atoms with van der Waals surface area (Å²) < 4.78 is 0. The molecule has 0 bridgehead atoms. The lowest BCUT2D eigenvalue weighted by Crippen LogP contribution is -1.93. The molecule has 22 heavy (non-hydrogen) atoms. The first-order chi connectivity index (χ1) is 10.6. The zero-order valence-corrected chi connectivity index (χ0v) is 12.4. The van der Waals surface area contributed by atoms with E-state index >= 15 is 0 Å². The van der Waals surface area contributed by atoms with E-state index in [-0.39, 0.29) is 18.1 Å². The molecule has 0 aliphatic carbocycles. The topological polar surface area (TPSA) is 60.7 Å². The maximum absolute atomic E-state index is 10.4. The third kappa shape index (κ3) is 3.21. The van der Waals surface area contributed by atoms with Gasteiger partial charge in [0.05, 0.1) is 6.61 Å². The van der Waals surface area contributed by atoms with Gasteiger partial charge in [-0.05, 0) is 48.2 Å². The molecule has 0 atom stereocenters.